The molecule has 0 aromatic carbocycles. The monoisotopic (exact) mass is 136 g/mol. The lowest BCUT2D eigenvalue weighted by Crippen LogP contribution is -2.16. The molecule has 1 aliphatic rings. The van der Waals surface area contributed by atoms with Crippen LogP contribution in [0.3, 0.4) is 0 Å². The Kier molecular flexibility index (Phi) is 2.35. The Hall–Kier alpha value is 0.660. The van der Waals surface area contributed by atoms with E-state index in [1.165, 1.54) is 0 Å². The molecule has 1 fully saturated rings. The van der Waals surface area contributed by atoms with E-state index < -0.39 is 0 Å². The third-order valence-corrected chi connectivity index (χ3v) is 3.36. The molecular weight excluding hydrogens is 128 g/mol. The summed E-state index contributed by atoms with van der Waals surface area (Å²) in [5.74, 6) is 1.88. The number of hydrogen-bond donors (Lipinski definition) is 1. The standard InChI is InChI=1S/C4H8OS2/c5-4-1-6-3-7-2-4/h4-5H,1-3H2. The van der Waals surface area contributed by atoms with Gasteiger partial charge in [0.05, 0.1) is 6.10 Å². The fourth-order valence-corrected chi connectivity index (χ4v) is 2.65. The van der Waals surface area contributed by atoms with Gasteiger partial charge < -0.3 is 5.11 Å². The average Bonchev–Trinajstić information content (AvgIpc) is 1.69. The van der Waals surface area contributed by atoms with Crippen LogP contribution in [0.2, 0.25) is 0 Å². The molecule has 1 nitrogen and oxygen atoms in total. The summed E-state index contributed by atoms with van der Waals surface area (Å²) in [6.45, 7) is 0. The van der Waals surface area contributed by atoms with Crippen molar-refractivity contribution < 1.29 is 5.11 Å². The summed E-state index contributed by atoms with van der Waals surface area (Å²) >= 11 is 3.63. The van der Waals surface area contributed by atoms with Crippen molar-refractivity contribution in [1.82, 2.24) is 0 Å². The first-order valence-corrected chi connectivity index (χ1v) is 4.54. The van der Waals surface area contributed by atoms with Crippen molar-refractivity contribution in [2.24, 2.45) is 0 Å². The maximum absolute atomic E-state index is 8.87. The number of aliphatic hydroxyl groups excluding tert-OH is 1. The lowest BCUT2D eigenvalue weighted by Gasteiger charge is -2.14. The molecule has 0 amide bonds. The topological polar surface area (TPSA) is 20.2 Å². The minimum Gasteiger partial charge on any atom is -0.391 e. The summed E-state index contributed by atoms with van der Waals surface area (Å²) in [7, 11) is 0. The first-order chi connectivity index (χ1) is 3.39. The molecule has 3 heteroatoms. The van der Waals surface area contributed by atoms with E-state index in [4.69, 9.17) is 5.11 Å². The van der Waals surface area contributed by atoms with Gasteiger partial charge in [-0.25, -0.2) is 0 Å². The quantitative estimate of drug-likeness (QED) is 0.531. The third kappa shape index (κ3) is 1.93. The van der Waals surface area contributed by atoms with Crippen LogP contribution < -0.4 is 0 Å². The van der Waals surface area contributed by atoms with Gasteiger partial charge in [0.2, 0.25) is 0 Å². The Morgan fingerprint density at radius 2 is 1.86 bits per heavy atom. The summed E-state index contributed by atoms with van der Waals surface area (Å²) in [5, 5.41) is 10.0. The van der Waals surface area contributed by atoms with Crippen LogP contribution in [-0.4, -0.2) is 27.8 Å². The molecule has 0 aromatic heterocycles. The second-order valence-corrected chi connectivity index (χ2v) is 3.94. The molecule has 0 aliphatic carbocycles. The molecular formula is C4H8OS2. The lowest BCUT2D eigenvalue weighted by atomic mass is 10.5. The highest BCUT2D eigenvalue weighted by molar-refractivity contribution is 8.16. The number of hydrogen-bond acceptors (Lipinski definition) is 3. The maximum Gasteiger partial charge on any atom is 0.0721 e. The molecule has 1 rings (SSSR count). The van der Waals surface area contributed by atoms with Crippen molar-refractivity contribution in [3.8, 4) is 0 Å². The van der Waals surface area contributed by atoms with Crippen LogP contribution in [-0.2, 0) is 0 Å². The molecule has 1 aliphatic heterocycles. The first-order valence-electron chi connectivity index (χ1n) is 2.23. The Labute approximate surface area is 51.9 Å². The SMILES string of the molecule is OC1CSCSC1. The zero-order chi connectivity index (χ0) is 5.11. The van der Waals surface area contributed by atoms with Crippen molar-refractivity contribution in [2.45, 2.75) is 6.10 Å². The van der Waals surface area contributed by atoms with E-state index in [0.717, 1.165) is 16.6 Å². The highest BCUT2D eigenvalue weighted by Gasteiger charge is 2.08. The number of thioether (sulfide) groups is 2. The van der Waals surface area contributed by atoms with Crippen molar-refractivity contribution >= 4 is 23.5 Å². The van der Waals surface area contributed by atoms with Crippen molar-refractivity contribution in [3.63, 3.8) is 0 Å². The minimum absolute atomic E-state index is 0.0382. The van der Waals surface area contributed by atoms with E-state index in [1.807, 2.05) is 23.5 Å². The van der Waals surface area contributed by atoms with Crippen molar-refractivity contribution in [2.75, 3.05) is 16.6 Å². The van der Waals surface area contributed by atoms with Gasteiger partial charge in [0.1, 0.15) is 0 Å². The smallest absolute Gasteiger partial charge is 0.0721 e. The molecule has 0 aromatic rings. The van der Waals surface area contributed by atoms with Crippen molar-refractivity contribution in [1.29, 1.82) is 0 Å². The number of aliphatic hydroxyl groups is 1. The average molecular weight is 136 g/mol. The van der Waals surface area contributed by atoms with Gasteiger partial charge in [0.15, 0.2) is 0 Å². The third-order valence-electron chi connectivity index (χ3n) is 0.787. The Morgan fingerprint density at radius 1 is 1.29 bits per heavy atom. The lowest BCUT2D eigenvalue weighted by molar-refractivity contribution is 0.224. The van der Waals surface area contributed by atoms with E-state index in [0.29, 0.717) is 0 Å². The van der Waals surface area contributed by atoms with Gasteiger partial charge in [-0.1, -0.05) is 0 Å². The van der Waals surface area contributed by atoms with Gasteiger partial charge in [-0.3, -0.25) is 0 Å². The summed E-state index contributed by atoms with van der Waals surface area (Å²) in [6.07, 6.45) is -0.0382. The van der Waals surface area contributed by atoms with Crippen LogP contribution in [0.15, 0.2) is 0 Å². The summed E-state index contributed by atoms with van der Waals surface area (Å²) in [4.78, 5) is 0. The van der Waals surface area contributed by atoms with Gasteiger partial charge in [0, 0.05) is 16.6 Å². The van der Waals surface area contributed by atoms with Gasteiger partial charge in [-0.15, -0.1) is 23.5 Å². The van der Waals surface area contributed by atoms with E-state index in [1.54, 1.807) is 0 Å². The van der Waals surface area contributed by atoms with Gasteiger partial charge >= 0.3 is 0 Å². The zero-order valence-corrected chi connectivity index (χ0v) is 5.60. The molecule has 0 unspecified atom stereocenters. The molecule has 1 heterocycles. The molecule has 1 N–H and O–H groups in total. The molecule has 1 saturated heterocycles. The van der Waals surface area contributed by atoms with Crippen LogP contribution >= 0.6 is 23.5 Å². The first kappa shape index (κ1) is 5.79. The second-order valence-electron chi connectivity index (χ2n) is 1.51. The molecule has 0 radical (unpaired) electrons. The fraction of sp³-hybridized carbons (Fsp3) is 1.00. The van der Waals surface area contributed by atoms with Gasteiger partial charge in [-0.05, 0) is 0 Å². The largest absolute Gasteiger partial charge is 0.391 e. The van der Waals surface area contributed by atoms with Gasteiger partial charge in [0.25, 0.3) is 0 Å². The number of rotatable bonds is 0. The highest BCUT2D eigenvalue weighted by Crippen LogP contribution is 2.20. The van der Waals surface area contributed by atoms with E-state index in [9.17, 15) is 0 Å². The molecule has 0 bridgehead atoms. The van der Waals surface area contributed by atoms with Crippen LogP contribution in [0.5, 0.6) is 0 Å². The highest BCUT2D eigenvalue weighted by atomic mass is 32.2. The van der Waals surface area contributed by atoms with Crippen LogP contribution in [0.1, 0.15) is 0 Å². The fourth-order valence-electron chi connectivity index (χ4n) is 0.475. The van der Waals surface area contributed by atoms with Crippen LogP contribution in [0, 0.1) is 0 Å². The van der Waals surface area contributed by atoms with Crippen LogP contribution in [0.4, 0.5) is 0 Å². The van der Waals surface area contributed by atoms with Crippen LogP contribution in [0.25, 0.3) is 0 Å². The second kappa shape index (κ2) is 2.84. The Balaban J connectivity index is 2.12. The summed E-state index contributed by atoms with van der Waals surface area (Å²) in [6, 6.07) is 0. The Bertz CT molecular complexity index is 51.7. The predicted molar refractivity (Wildman–Crippen MR) is 35.8 cm³/mol. The molecule has 0 saturated carbocycles. The van der Waals surface area contributed by atoms with Crippen molar-refractivity contribution in [3.05, 3.63) is 0 Å². The van der Waals surface area contributed by atoms with E-state index in [2.05, 4.69) is 0 Å². The van der Waals surface area contributed by atoms with E-state index >= 15 is 0 Å². The van der Waals surface area contributed by atoms with E-state index in [-0.39, 0.29) is 6.10 Å². The molecule has 7 heavy (non-hydrogen) atoms. The maximum atomic E-state index is 8.87. The molecule has 0 spiro atoms. The predicted octanol–water partition coefficient (Wildman–Crippen LogP) is 0.785. The Morgan fingerprint density at radius 3 is 2.14 bits per heavy atom. The minimum atomic E-state index is -0.0382. The van der Waals surface area contributed by atoms with Gasteiger partial charge in [-0.2, -0.15) is 0 Å². The summed E-state index contributed by atoms with van der Waals surface area (Å²) < 4.78 is 0. The summed E-state index contributed by atoms with van der Waals surface area (Å²) in [5.41, 5.74) is 0. The molecule has 0 atom stereocenters. The zero-order valence-electron chi connectivity index (χ0n) is 3.96. The molecule has 42 valence electrons. The normalized spacial score (nSPS) is 25.3.